The number of hydrogen-bond donors (Lipinski definition) is 0. The molecule has 0 saturated carbocycles. The lowest BCUT2D eigenvalue weighted by molar-refractivity contribution is -0.127. The van der Waals surface area contributed by atoms with Crippen LogP contribution in [0.1, 0.15) is 23.7 Å². The molecular formula is C18H16ClN3O2S. The Morgan fingerprint density at radius 3 is 2.88 bits per heavy atom. The van der Waals surface area contributed by atoms with Crippen LogP contribution in [0.25, 0.3) is 10.8 Å². The van der Waals surface area contributed by atoms with Gasteiger partial charge in [-0.1, -0.05) is 35.0 Å². The number of hydrogen-bond acceptors (Lipinski definition) is 5. The Balaban J connectivity index is 1.39. The van der Waals surface area contributed by atoms with Crippen molar-refractivity contribution in [3.63, 3.8) is 0 Å². The molecule has 1 atom stereocenters. The van der Waals surface area contributed by atoms with Crippen molar-refractivity contribution in [3.05, 3.63) is 58.2 Å². The molecule has 2 aromatic heterocycles. The van der Waals surface area contributed by atoms with Gasteiger partial charge in [-0.2, -0.15) is 4.98 Å². The summed E-state index contributed by atoms with van der Waals surface area (Å²) in [4.78, 5) is 19.6. The van der Waals surface area contributed by atoms with Crippen LogP contribution in [0.2, 0.25) is 5.02 Å². The van der Waals surface area contributed by atoms with E-state index in [0.717, 1.165) is 16.3 Å². The molecule has 5 nitrogen and oxygen atoms in total. The van der Waals surface area contributed by atoms with Crippen molar-refractivity contribution in [3.8, 4) is 10.8 Å². The maximum Gasteiger partial charge on any atom is 0.267 e. The normalized spacial score (nSPS) is 17.4. The number of amides is 1. The monoisotopic (exact) mass is 373 g/mol. The molecular weight excluding hydrogens is 358 g/mol. The Labute approximate surface area is 154 Å². The molecule has 1 aromatic carbocycles. The highest BCUT2D eigenvalue weighted by atomic mass is 35.5. The molecule has 1 unspecified atom stereocenters. The average Bonchev–Trinajstić information content (AvgIpc) is 3.35. The number of likely N-dealkylation sites (tertiary alicyclic amines) is 1. The minimum absolute atomic E-state index is 0.00446. The molecule has 1 aliphatic heterocycles. The van der Waals surface area contributed by atoms with Gasteiger partial charge in [0.2, 0.25) is 5.91 Å². The number of halogens is 1. The molecule has 0 N–H and O–H groups in total. The molecule has 3 heterocycles. The van der Waals surface area contributed by atoms with Crippen molar-refractivity contribution < 1.29 is 9.32 Å². The minimum atomic E-state index is -0.00446. The Morgan fingerprint density at radius 1 is 1.28 bits per heavy atom. The fourth-order valence-corrected chi connectivity index (χ4v) is 3.75. The lowest BCUT2D eigenvalue weighted by Crippen LogP contribution is -2.27. The van der Waals surface area contributed by atoms with Crippen LogP contribution >= 0.6 is 22.9 Å². The molecule has 0 aliphatic carbocycles. The van der Waals surface area contributed by atoms with Crippen LogP contribution < -0.4 is 0 Å². The van der Waals surface area contributed by atoms with E-state index in [-0.39, 0.29) is 11.8 Å². The van der Waals surface area contributed by atoms with Crippen molar-refractivity contribution in [2.75, 3.05) is 13.1 Å². The maximum absolute atomic E-state index is 12.3. The van der Waals surface area contributed by atoms with Crippen LogP contribution in [0, 0.1) is 0 Å². The summed E-state index contributed by atoms with van der Waals surface area (Å²) in [6.07, 6.45) is 1.24. The third-order valence-corrected chi connectivity index (χ3v) is 5.45. The number of aromatic nitrogens is 2. The second-order valence-electron chi connectivity index (χ2n) is 6.05. The zero-order valence-electron chi connectivity index (χ0n) is 13.4. The fraction of sp³-hybridized carbons (Fsp3) is 0.278. The van der Waals surface area contributed by atoms with E-state index < -0.39 is 0 Å². The molecule has 7 heteroatoms. The third-order valence-electron chi connectivity index (χ3n) is 4.34. The molecule has 4 rings (SSSR count). The second kappa shape index (κ2) is 6.98. The van der Waals surface area contributed by atoms with Crippen molar-refractivity contribution >= 4 is 28.8 Å². The van der Waals surface area contributed by atoms with Gasteiger partial charge in [0.25, 0.3) is 5.89 Å². The van der Waals surface area contributed by atoms with Gasteiger partial charge in [-0.3, -0.25) is 4.79 Å². The largest absolute Gasteiger partial charge is 0.342 e. The molecule has 0 radical (unpaired) electrons. The first-order valence-corrected chi connectivity index (χ1v) is 9.34. The Morgan fingerprint density at radius 2 is 2.12 bits per heavy atom. The van der Waals surface area contributed by atoms with E-state index in [9.17, 15) is 4.79 Å². The fourth-order valence-electron chi connectivity index (χ4n) is 2.98. The highest BCUT2D eigenvalue weighted by Crippen LogP contribution is 2.29. The van der Waals surface area contributed by atoms with Crippen LogP contribution in [0.5, 0.6) is 0 Å². The highest BCUT2D eigenvalue weighted by molar-refractivity contribution is 7.13. The van der Waals surface area contributed by atoms with Gasteiger partial charge in [0.1, 0.15) is 0 Å². The first kappa shape index (κ1) is 16.3. The lowest BCUT2D eigenvalue weighted by Gasteiger charge is -2.15. The quantitative estimate of drug-likeness (QED) is 0.678. The number of carbonyl (C=O) groups excluding carboxylic acids is 1. The average molecular weight is 374 g/mol. The van der Waals surface area contributed by atoms with E-state index in [2.05, 4.69) is 10.1 Å². The summed E-state index contributed by atoms with van der Waals surface area (Å²) in [5.74, 6) is 1.28. The van der Waals surface area contributed by atoms with E-state index in [1.165, 1.54) is 5.56 Å². The van der Waals surface area contributed by atoms with Gasteiger partial charge >= 0.3 is 0 Å². The minimum Gasteiger partial charge on any atom is -0.342 e. The molecule has 0 bridgehead atoms. The van der Waals surface area contributed by atoms with Crippen LogP contribution in [0.15, 0.2) is 46.3 Å². The van der Waals surface area contributed by atoms with E-state index in [0.29, 0.717) is 31.2 Å². The molecule has 25 heavy (non-hydrogen) atoms. The van der Waals surface area contributed by atoms with Gasteiger partial charge in [-0.15, -0.1) is 11.3 Å². The van der Waals surface area contributed by atoms with E-state index in [1.807, 2.05) is 46.7 Å². The summed E-state index contributed by atoms with van der Waals surface area (Å²) in [7, 11) is 0. The van der Waals surface area contributed by atoms with Gasteiger partial charge in [0.05, 0.1) is 4.88 Å². The summed E-state index contributed by atoms with van der Waals surface area (Å²) >= 11 is 7.46. The Hall–Kier alpha value is -2.18. The molecule has 1 aliphatic rings. The summed E-state index contributed by atoms with van der Waals surface area (Å²) in [5, 5.41) is 6.77. The van der Waals surface area contributed by atoms with Crippen LogP contribution in [-0.4, -0.2) is 34.0 Å². The van der Waals surface area contributed by atoms with E-state index >= 15 is 0 Å². The standard InChI is InChI=1S/C18H16ClN3O2S/c19-14-5-3-12(4-6-14)7-8-22-11-13(10-16(22)23)17-20-18(24-21-17)15-2-1-9-25-15/h1-6,9,13H,7-8,10-11H2. The van der Waals surface area contributed by atoms with Crippen LogP contribution in [0.4, 0.5) is 0 Å². The number of rotatable bonds is 5. The molecule has 1 amide bonds. The number of carbonyl (C=O) groups is 1. The van der Waals surface area contributed by atoms with E-state index in [1.54, 1.807) is 11.3 Å². The predicted octanol–water partition coefficient (Wildman–Crippen LogP) is 4.01. The van der Waals surface area contributed by atoms with Gasteiger partial charge in [0, 0.05) is 30.5 Å². The molecule has 1 fully saturated rings. The third kappa shape index (κ3) is 3.60. The smallest absolute Gasteiger partial charge is 0.267 e. The SMILES string of the molecule is O=C1CC(c2noc(-c3cccs3)n2)CN1CCc1ccc(Cl)cc1. The number of nitrogens with zero attached hydrogens (tertiary/aromatic N) is 3. The van der Waals surface area contributed by atoms with Crippen molar-refractivity contribution in [2.24, 2.45) is 0 Å². The summed E-state index contributed by atoms with van der Waals surface area (Å²) in [6.45, 7) is 1.32. The Kier molecular flexibility index (Phi) is 4.55. The predicted molar refractivity (Wildman–Crippen MR) is 96.7 cm³/mol. The van der Waals surface area contributed by atoms with Crippen molar-refractivity contribution in [1.29, 1.82) is 0 Å². The lowest BCUT2D eigenvalue weighted by atomic mass is 10.1. The highest BCUT2D eigenvalue weighted by Gasteiger charge is 2.33. The van der Waals surface area contributed by atoms with Crippen molar-refractivity contribution in [2.45, 2.75) is 18.8 Å². The number of benzene rings is 1. The zero-order valence-corrected chi connectivity index (χ0v) is 15.0. The van der Waals surface area contributed by atoms with Gasteiger partial charge in [-0.05, 0) is 35.6 Å². The van der Waals surface area contributed by atoms with Gasteiger partial charge in [0.15, 0.2) is 5.82 Å². The zero-order chi connectivity index (χ0) is 17.2. The van der Waals surface area contributed by atoms with Gasteiger partial charge < -0.3 is 9.42 Å². The molecule has 0 spiro atoms. The van der Waals surface area contributed by atoms with Crippen molar-refractivity contribution in [1.82, 2.24) is 15.0 Å². The molecule has 128 valence electrons. The van der Waals surface area contributed by atoms with Crippen LogP contribution in [0.3, 0.4) is 0 Å². The Bertz CT molecular complexity index is 861. The number of thiophene rings is 1. The van der Waals surface area contributed by atoms with Crippen LogP contribution in [-0.2, 0) is 11.2 Å². The first-order valence-electron chi connectivity index (χ1n) is 8.09. The summed E-state index contributed by atoms with van der Waals surface area (Å²) in [5.41, 5.74) is 1.17. The topological polar surface area (TPSA) is 59.2 Å². The molecule has 1 saturated heterocycles. The van der Waals surface area contributed by atoms with E-state index in [4.69, 9.17) is 16.1 Å². The second-order valence-corrected chi connectivity index (χ2v) is 7.44. The summed E-state index contributed by atoms with van der Waals surface area (Å²) < 4.78 is 5.34. The van der Waals surface area contributed by atoms with Gasteiger partial charge in [-0.25, -0.2) is 0 Å². The summed E-state index contributed by atoms with van der Waals surface area (Å²) in [6, 6.07) is 11.6. The first-order chi connectivity index (χ1) is 12.2. The molecule has 3 aromatic rings. The maximum atomic E-state index is 12.3.